The molecule has 1 aromatic heterocycles. The minimum Gasteiger partial charge on any atom is -0.360 e. The van der Waals surface area contributed by atoms with Crippen LogP contribution in [0, 0.1) is 0 Å². The number of nitrogens with zero attached hydrogens (tertiary/aromatic N) is 2. The van der Waals surface area contributed by atoms with Crippen LogP contribution in [0.2, 0.25) is 0 Å². The van der Waals surface area contributed by atoms with Gasteiger partial charge in [0.1, 0.15) is 5.82 Å². The molecule has 13 heavy (non-hydrogen) atoms. The first-order valence-electron chi connectivity index (χ1n) is 4.65. The standard InChI is InChI=1S/C10H17N3/c1-3-7-13(2)10-6-4-5-9(8-11)12-10/h4-6H,3,7-8,11H2,1-2H3. The molecule has 0 spiro atoms. The molecule has 0 saturated carbocycles. The lowest BCUT2D eigenvalue weighted by molar-refractivity contribution is 0.829. The molecular weight excluding hydrogens is 162 g/mol. The highest BCUT2D eigenvalue weighted by Crippen LogP contribution is 2.09. The maximum Gasteiger partial charge on any atom is 0.128 e. The summed E-state index contributed by atoms with van der Waals surface area (Å²) in [5.74, 6) is 1.00. The Morgan fingerprint density at radius 1 is 1.46 bits per heavy atom. The molecule has 0 bridgehead atoms. The third-order valence-electron chi connectivity index (χ3n) is 1.95. The summed E-state index contributed by atoms with van der Waals surface area (Å²) in [6.07, 6.45) is 1.13. The van der Waals surface area contributed by atoms with Crippen LogP contribution in [-0.2, 0) is 6.54 Å². The summed E-state index contributed by atoms with van der Waals surface area (Å²) in [6.45, 7) is 3.69. The fraction of sp³-hybridized carbons (Fsp3) is 0.500. The van der Waals surface area contributed by atoms with Crippen molar-refractivity contribution < 1.29 is 0 Å². The quantitative estimate of drug-likeness (QED) is 0.759. The summed E-state index contributed by atoms with van der Waals surface area (Å²) in [5, 5.41) is 0. The second-order valence-corrected chi connectivity index (χ2v) is 3.11. The summed E-state index contributed by atoms with van der Waals surface area (Å²) in [6, 6.07) is 5.95. The number of aromatic nitrogens is 1. The molecule has 0 fully saturated rings. The highest BCUT2D eigenvalue weighted by atomic mass is 15.2. The van der Waals surface area contributed by atoms with E-state index >= 15 is 0 Å². The van der Waals surface area contributed by atoms with Gasteiger partial charge in [0.2, 0.25) is 0 Å². The molecule has 0 atom stereocenters. The fourth-order valence-corrected chi connectivity index (χ4v) is 1.24. The van der Waals surface area contributed by atoms with Crippen molar-refractivity contribution in [3.63, 3.8) is 0 Å². The fourth-order valence-electron chi connectivity index (χ4n) is 1.24. The molecular formula is C10H17N3. The molecule has 2 N–H and O–H groups in total. The lowest BCUT2D eigenvalue weighted by atomic mass is 10.3. The summed E-state index contributed by atoms with van der Waals surface area (Å²) in [5.41, 5.74) is 6.46. The van der Waals surface area contributed by atoms with Crippen molar-refractivity contribution in [3.05, 3.63) is 23.9 Å². The highest BCUT2D eigenvalue weighted by molar-refractivity contribution is 5.37. The van der Waals surface area contributed by atoms with Crippen molar-refractivity contribution in [3.8, 4) is 0 Å². The van der Waals surface area contributed by atoms with Gasteiger partial charge in [-0.1, -0.05) is 13.0 Å². The predicted molar refractivity (Wildman–Crippen MR) is 55.7 cm³/mol. The zero-order valence-electron chi connectivity index (χ0n) is 8.33. The number of nitrogens with two attached hydrogens (primary N) is 1. The number of anilines is 1. The maximum absolute atomic E-state index is 5.51. The Balaban J connectivity index is 2.75. The minimum absolute atomic E-state index is 0.508. The molecule has 1 aromatic rings. The van der Waals surface area contributed by atoms with Crippen LogP contribution >= 0.6 is 0 Å². The molecule has 0 amide bonds. The van der Waals surface area contributed by atoms with Crippen LogP contribution < -0.4 is 10.6 Å². The van der Waals surface area contributed by atoms with Gasteiger partial charge in [0.15, 0.2) is 0 Å². The van der Waals surface area contributed by atoms with Gasteiger partial charge in [-0.25, -0.2) is 4.98 Å². The van der Waals surface area contributed by atoms with Gasteiger partial charge in [-0.3, -0.25) is 0 Å². The molecule has 0 aliphatic carbocycles. The number of rotatable bonds is 4. The molecule has 0 saturated heterocycles. The average molecular weight is 179 g/mol. The zero-order chi connectivity index (χ0) is 9.68. The number of hydrogen-bond donors (Lipinski definition) is 1. The second kappa shape index (κ2) is 4.82. The second-order valence-electron chi connectivity index (χ2n) is 3.11. The molecule has 0 radical (unpaired) electrons. The van der Waals surface area contributed by atoms with Gasteiger partial charge in [-0.15, -0.1) is 0 Å². The first-order valence-corrected chi connectivity index (χ1v) is 4.65. The Bertz CT molecular complexity index is 260. The summed E-state index contributed by atoms with van der Waals surface area (Å²) in [7, 11) is 2.05. The lowest BCUT2D eigenvalue weighted by Gasteiger charge is -2.17. The molecule has 3 nitrogen and oxygen atoms in total. The summed E-state index contributed by atoms with van der Waals surface area (Å²) < 4.78 is 0. The Kier molecular flexibility index (Phi) is 3.71. The molecule has 72 valence electrons. The highest BCUT2D eigenvalue weighted by Gasteiger charge is 2.00. The summed E-state index contributed by atoms with van der Waals surface area (Å²) in [4.78, 5) is 6.55. The van der Waals surface area contributed by atoms with E-state index < -0.39 is 0 Å². The zero-order valence-corrected chi connectivity index (χ0v) is 8.33. The smallest absolute Gasteiger partial charge is 0.128 e. The van der Waals surface area contributed by atoms with Crippen LogP contribution in [0.4, 0.5) is 5.82 Å². The van der Waals surface area contributed by atoms with E-state index in [1.807, 2.05) is 25.2 Å². The van der Waals surface area contributed by atoms with Crippen molar-refractivity contribution in [2.45, 2.75) is 19.9 Å². The normalized spacial score (nSPS) is 10.1. The molecule has 0 aliphatic heterocycles. The predicted octanol–water partition coefficient (Wildman–Crippen LogP) is 1.39. The van der Waals surface area contributed by atoms with Crippen LogP contribution in [0.25, 0.3) is 0 Å². The Morgan fingerprint density at radius 3 is 2.85 bits per heavy atom. The van der Waals surface area contributed by atoms with E-state index in [0.717, 1.165) is 24.5 Å². The van der Waals surface area contributed by atoms with Crippen LogP contribution in [0.3, 0.4) is 0 Å². The van der Waals surface area contributed by atoms with Gasteiger partial charge >= 0.3 is 0 Å². The first-order chi connectivity index (χ1) is 6.27. The van der Waals surface area contributed by atoms with Crippen molar-refractivity contribution in [2.24, 2.45) is 5.73 Å². The molecule has 0 aliphatic rings. The van der Waals surface area contributed by atoms with Gasteiger partial charge in [0, 0.05) is 20.1 Å². The monoisotopic (exact) mass is 179 g/mol. The van der Waals surface area contributed by atoms with Gasteiger partial charge in [-0.05, 0) is 18.6 Å². The van der Waals surface area contributed by atoms with E-state index in [0.29, 0.717) is 6.54 Å². The van der Waals surface area contributed by atoms with Crippen LogP contribution in [0.5, 0.6) is 0 Å². The Labute approximate surface area is 79.6 Å². The van der Waals surface area contributed by atoms with E-state index in [4.69, 9.17) is 5.73 Å². The van der Waals surface area contributed by atoms with E-state index in [9.17, 15) is 0 Å². The lowest BCUT2D eigenvalue weighted by Crippen LogP contribution is -2.19. The van der Waals surface area contributed by atoms with Crippen LogP contribution in [0.1, 0.15) is 19.0 Å². The van der Waals surface area contributed by atoms with Crippen molar-refractivity contribution in [1.29, 1.82) is 0 Å². The number of pyridine rings is 1. The van der Waals surface area contributed by atoms with Crippen molar-refractivity contribution >= 4 is 5.82 Å². The van der Waals surface area contributed by atoms with Crippen LogP contribution in [-0.4, -0.2) is 18.6 Å². The van der Waals surface area contributed by atoms with Gasteiger partial charge in [0.25, 0.3) is 0 Å². The molecule has 0 aromatic carbocycles. The SMILES string of the molecule is CCCN(C)c1cccc(CN)n1. The van der Waals surface area contributed by atoms with E-state index in [-0.39, 0.29) is 0 Å². The minimum atomic E-state index is 0.508. The third-order valence-corrected chi connectivity index (χ3v) is 1.95. The van der Waals surface area contributed by atoms with Gasteiger partial charge in [-0.2, -0.15) is 0 Å². The molecule has 0 unspecified atom stereocenters. The van der Waals surface area contributed by atoms with Crippen LogP contribution in [0.15, 0.2) is 18.2 Å². The van der Waals surface area contributed by atoms with E-state index in [1.165, 1.54) is 0 Å². The Morgan fingerprint density at radius 2 is 2.23 bits per heavy atom. The summed E-state index contributed by atoms with van der Waals surface area (Å²) >= 11 is 0. The number of hydrogen-bond acceptors (Lipinski definition) is 3. The largest absolute Gasteiger partial charge is 0.360 e. The topological polar surface area (TPSA) is 42.1 Å². The third kappa shape index (κ3) is 2.70. The maximum atomic E-state index is 5.51. The van der Waals surface area contributed by atoms with Crippen molar-refractivity contribution in [1.82, 2.24) is 4.98 Å². The van der Waals surface area contributed by atoms with E-state index in [1.54, 1.807) is 0 Å². The Hall–Kier alpha value is -1.09. The van der Waals surface area contributed by atoms with Gasteiger partial charge in [0.05, 0.1) is 5.69 Å². The first kappa shape index (κ1) is 9.99. The van der Waals surface area contributed by atoms with Gasteiger partial charge < -0.3 is 10.6 Å². The van der Waals surface area contributed by atoms with E-state index in [2.05, 4.69) is 16.8 Å². The average Bonchev–Trinajstić information content (AvgIpc) is 2.18. The molecule has 1 rings (SSSR count). The molecule has 3 heteroatoms. The van der Waals surface area contributed by atoms with Crippen molar-refractivity contribution in [2.75, 3.05) is 18.5 Å². The molecule has 1 heterocycles.